The number of Topliss-reactive ketones (excluding diaryl/α,β-unsaturated/α-hetero) is 2. The van der Waals surface area contributed by atoms with Gasteiger partial charge in [-0.1, -0.05) is 19.8 Å². The van der Waals surface area contributed by atoms with E-state index in [0.29, 0.717) is 0 Å². The molecule has 0 saturated heterocycles. The van der Waals surface area contributed by atoms with Gasteiger partial charge in [-0.3, -0.25) is 9.59 Å². The van der Waals surface area contributed by atoms with Crippen molar-refractivity contribution in [2.24, 2.45) is 0 Å². The number of alkyl halides is 2. The second kappa shape index (κ2) is 6.49. The van der Waals surface area contributed by atoms with Crippen molar-refractivity contribution in [1.82, 2.24) is 0 Å². The van der Waals surface area contributed by atoms with Crippen molar-refractivity contribution < 1.29 is 9.59 Å². The van der Waals surface area contributed by atoms with Crippen LogP contribution in [0, 0.1) is 0 Å². The topological polar surface area (TPSA) is 34.1 Å². The third-order valence-corrected chi connectivity index (χ3v) is 3.55. The molecule has 0 aliphatic rings. The number of hydrogen-bond acceptors (Lipinski definition) is 2. The smallest absolute Gasteiger partial charge is 0.161 e. The maximum atomic E-state index is 11.3. The number of rotatable bonds is 7. The van der Waals surface area contributed by atoms with Crippen molar-refractivity contribution in [3.63, 3.8) is 0 Å². The standard InChI is InChI=1S/C11H18Cl2O2/c1-4-5-6-10(12)7-11(13,8(2)14)9(3)15/h10H,4-7H2,1-3H3. The van der Waals surface area contributed by atoms with Crippen LogP contribution in [0.5, 0.6) is 0 Å². The Bertz CT molecular complexity index is 225. The molecule has 0 aromatic rings. The normalized spacial score (nSPS) is 13.7. The van der Waals surface area contributed by atoms with E-state index >= 15 is 0 Å². The summed E-state index contributed by atoms with van der Waals surface area (Å²) in [5.41, 5.74) is 0. The molecule has 0 radical (unpaired) electrons. The minimum Gasteiger partial charge on any atom is -0.298 e. The molecule has 2 nitrogen and oxygen atoms in total. The summed E-state index contributed by atoms with van der Waals surface area (Å²) in [7, 11) is 0. The van der Waals surface area contributed by atoms with E-state index < -0.39 is 4.87 Å². The molecule has 0 aliphatic carbocycles. The van der Waals surface area contributed by atoms with E-state index in [-0.39, 0.29) is 23.4 Å². The highest BCUT2D eigenvalue weighted by molar-refractivity contribution is 6.46. The summed E-state index contributed by atoms with van der Waals surface area (Å²) in [5.74, 6) is -0.641. The minimum atomic E-state index is -1.42. The zero-order valence-corrected chi connectivity index (χ0v) is 11.0. The lowest BCUT2D eigenvalue weighted by Crippen LogP contribution is -2.40. The maximum Gasteiger partial charge on any atom is 0.161 e. The van der Waals surface area contributed by atoms with Crippen molar-refractivity contribution in [1.29, 1.82) is 0 Å². The van der Waals surface area contributed by atoms with Crippen LogP contribution < -0.4 is 0 Å². The number of carbonyl (C=O) groups is 2. The largest absolute Gasteiger partial charge is 0.298 e. The molecule has 0 amide bonds. The van der Waals surface area contributed by atoms with Gasteiger partial charge in [0.2, 0.25) is 0 Å². The van der Waals surface area contributed by atoms with Gasteiger partial charge in [0.25, 0.3) is 0 Å². The molecule has 15 heavy (non-hydrogen) atoms. The van der Waals surface area contributed by atoms with E-state index in [1.165, 1.54) is 13.8 Å². The maximum absolute atomic E-state index is 11.3. The lowest BCUT2D eigenvalue weighted by molar-refractivity contribution is -0.128. The quantitative estimate of drug-likeness (QED) is 0.515. The number of unbranched alkanes of at least 4 members (excludes halogenated alkanes) is 1. The minimum absolute atomic E-state index is 0.213. The van der Waals surface area contributed by atoms with Crippen molar-refractivity contribution >= 4 is 34.8 Å². The van der Waals surface area contributed by atoms with Crippen LogP contribution in [0.1, 0.15) is 46.5 Å². The second-order valence-electron chi connectivity index (χ2n) is 3.86. The highest BCUT2D eigenvalue weighted by Gasteiger charge is 2.39. The SMILES string of the molecule is CCCCC(Cl)CC(Cl)(C(C)=O)C(C)=O. The van der Waals surface area contributed by atoms with Gasteiger partial charge in [-0.15, -0.1) is 23.2 Å². The van der Waals surface area contributed by atoms with Crippen LogP contribution in [0.15, 0.2) is 0 Å². The lowest BCUT2D eigenvalue weighted by atomic mass is 9.92. The van der Waals surface area contributed by atoms with Gasteiger partial charge in [-0.05, 0) is 26.7 Å². The molecular formula is C11H18Cl2O2. The monoisotopic (exact) mass is 252 g/mol. The van der Waals surface area contributed by atoms with E-state index in [2.05, 4.69) is 6.92 Å². The van der Waals surface area contributed by atoms with Crippen molar-refractivity contribution in [3.8, 4) is 0 Å². The fraction of sp³-hybridized carbons (Fsp3) is 0.818. The molecule has 0 aliphatic heterocycles. The molecule has 4 heteroatoms. The van der Waals surface area contributed by atoms with Gasteiger partial charge in [0, 0.05) is 5.38 Å². The Balaban J connectivity index is 4.42. The van der Waals surface area contributed by atoms with Gasteiger partial charge in [-0.2, -0.15) is 0 Å². The van der Waals surface area contributed by atoms with Crippen LogP contribution in [0.25, 0.3) is 0 Å². The molecule has 0 saturated carbocycles. The zero-order valence-electron chi connectivity index (χ0n) is 9.48. The molecule has 88 valence electrons. The Hall–Kier alpha value is -0.0800. The Labute approximate surface area is 101 Å². The second-order valence-corrected chi connectivity index (χ2v) is 5.12. The number of halogens is 2. The molecule has 0 rings (SSSR count). The van der Waals surface area contributed by atoms with Gasteiger partial charge >= 0.3 is 0 Å². The molecule has 0 aromatic carbocycles. The molecule has 0 aromatic heterocycles. The number of ketones is 2. The van der Waals surface area contributed by atoms with Crippen LogP contribution >= 0.6 is 23.2 Å². The average molecular weight is 253 g/mol. The Morgan fingerprint density at radius 2 is 1.73 bits per heavy atom. The first-order valence-corrected chi connectivity index (χ1v) is 6.01. The van der Waals surface area contributed by atoms with Crippen LogP contribution in [0.3, 0.4) is 0 Å². The highest BCUT2D eigenvalue weighted by Crippen LogP contribution is 2.28. The average Bonchev–Trinajstić information content (AvgIpc) is 2.13. The fourth-order valence-corrected chi connectivity index (χ4v) is 2.02. The molecule has 1 unspecified atom stereocenters. The molecule has 0 fully saturated rings. The third kappa shape index (κ3) is 4.52. The summed E-state index contributed by atoms with van der Waals surface area (Å²) in [6.45, 7) is 4.73. The van der Waals surface area contributed by atoms with Gasteiger partial charge in [0.15, 0.2) is 16.4 Å². The van der Waals surface area contributed by atoms with Crippen molar-refractivity contribution in [2.75, 3.05) is 0 Å². The summed E-state index contributed by atoms with van der Waals surface area (Å²) < 4.78 is 0. The summed E-state index contributed by atoms with van der Waals surface area (Å²) >= 11 is 12.0. The van der Waals surface area contributed by atoms with Crippen LogP contribution in [-0.4, -0.2) is 21.8 Å². The molecular weight excluding hydrogens is 235 g/mol. The highest BCUT2D eigenvalue weighted by atomic mass is 35.5. The van der Waals surface area contributed by atoms with Crippen LogP contribution in [-0.2, 0) is 9.59 Å². The van der Waals surface area contributed by atoms with E-state index in [1.54, 1.807) is 0 Å². The van der Waals surface area contributed by atoms with Crippen LogP contribution in [0.2, 0.25) is 0 Å². The third-order valence-electron chi connectivity index (χ3n) is 2.49. The van der Waals surface area contributed by atoms with Crippen LogP contribution in [0.4, 0.5) is 0 Å². The first-order valence-electron chi connectivity index (χ1n) is 5.19. The first-order chi connectivity index (χ1) is 6.84. The van der Waals surface area contributed by atoms with Crippen molar-refractivity contribution in [2.45, 2.75) is 56.7 Å². The van der Waals surface area contributed by atoms with Crippen molar-refractivity contribution in [3.05, 3.63) is 0 Å². The van der Waals surface area contributed by atoms with E-state index in [9.17, 15) is 9.59 Å². The molecule has 1 atom stereocenters. The van der Waals surface area contributed by atoms with Gasteiger partial charge in [-0.25, -0.2) is 0 Å². The van der Waals surface area contributed by atoms with E-state index in [4.69, 9.17) is 23.2 Å². The first kappa shape index (κ1) is 14.9. The number of hydrogen-bond donors (Lipinski definition) is 0. The predicted molar refractivity (Wildman–Crippen MR) is 63.7 cm³/mol. The Morgan fingerprint density at radius 1 is 1.27 bits per heavy atom. The van der Waals surface area contributed by atoms with Gasteiger partial charge < -0.3 is 0 Å². The molecule has 0 spiro atoms. The Kier molecular flexibility index (Phi) is 6.46. The molecule has 0 N–H and O–H groups in total. The predicted octanol–water partition coefficient (Wildman–Crippen LogP) is 3.33. The Morgan fingerprint density at radius 3 is 2.07 bits per heavy atom. The van der Waals surface area contributed by atoms with E-state index in [1.807, 2.05) is 0 Å². The summed E-state index contributed by atoms with van der Waals surface area (Å²) in [4.78, 5) is 21.2. The molecule has 0 bridgehead atoms. The zero-order chi connectivity index (χ0) is 12.1. The number of carbonyl (C=O) groups excluding carboxylic acids is 2. The molecule has 0 heterocycles. The van der Waals surface area contributed by atoms with E-state index in [0.717, 1.165) is 19.3 Å². The van der Waals surface area contributed by atoms with Gasteiger partial charge in [0.05, 0.1) is 0 Å². The summed E-state index contributed by atoms with van der Waals surface area (Å²) in [6, 6.07) is 0. The van der Waals surface area contributed by atoms with Gasteiger partial charge in [0.1, 0.15) is 0 Å². The summed E-state index contributed by atoms with van der Waals surface area (Å²) in [5, 5.41) is -0.213. The fourth-order valence-electron chi connectivity index (χ4n) is 1.37. The lowest BCUT2D eigenvalue weighted by Gasteiger charge is -2.23. The summed E-state index contributed by atoms with van der Waals surface area (Å²) in [6.07, 6.45) is 3.03.